The summed E-state index contributed by atoms with van der Waals surface area (Å²) in [7, 11) is 3.11. The molecule has 194 valence electrons. The number of carbonyl (C=O) groups excluding carboxylic acids is 2. The lowest BCUT2D eigenvalue weighted by Crippen LogP contribution is -2.31. The fraction of sp³-hybridized carbons (Fsp3) is 0.429. The Balaban J connectivity index is 2.10. The van der Waals surface area contributed by atoms with Gasteiger partial charge in [0, 0.05) is 25.8 Å². The van der Waals surface area contributed by atoms with E-state index in [0.29, 0.717) is 41.4 Å². The molecule has 1 heterocycles. The Labute approximate surface area is 212 Å². The minimum atomic E-state index is -0.796. The van der Waals surface area contributed by atoms with Crippen molar-refractivity contribution >= 4 is 17.4 Å². The number of hydrogen-bond donors (Lipinski definition) is 1. The van der Waals surface area contributed by atoms with Crippen molar-refractivity contribution in [3.8, 4) is 17.2 Å². The van der Waals surface area contributed by atoms with Crippen molar-refractivity contribution in [2.75, 3.05) is 27.4 Å². The van der Waals surface area contributed by atoms with Gasteiger partial charge in [-0.3, -0.25) is 9.59 Å². The average molecular weight is 498 g/mol. The van der Waals surface area contributed by atoms with Gasteiger partial charge in [0.2, 0.25) is 0 Å². The normalized spacial score (nSPS) is 17.2. The summed E-state index contributed by atoms with van der Waals surface area (Å²) in [4.78, 5) is 27.8. The van der Waals surface area contributed by atoms with E-state index in [9.17, 15) is 14.7 Å². The summed E-state index contributed by atoms with van der Waals surface area (Å²) in [5.74, 6) is 0.0127. The van der Waals surface area contributed by atoms with Gasteiger partial charge < -0.3 is 29.0 Å². The van der Waals surface area contributed by atoms with E-state index >= 15 is 0 Å². The van der Waals surface area contributed by atoms with Gasteiger partial charge in [0.15, 0.2) is 11.5 Å². The molecule has 1 atom stereocenters. The Morgan fingerprint density at radius 2 is 1.61 bits per heavy atom. The summed E-state index contributed by atoms with van der Waals surface area (Å²) in [6, 6.07) is 11.3. The second-order valence-electron chi connectivity index (χ2n) is 9.11. The predicted octanol–water partition coefficient (Wildman–Crippen LogP) is 4.73. The maximum absolute atomic E-state index is 13.2. The molecule has 1 saturated heterocycles. The molecule has 0 spiro atoms. The summed E-state index contributed by atoms with van der Waals surface area (Å²) in [5, 5.41) is 11.3. The van der Waals surface area contributed by atoms with Crippen LogP contribution in [0.1, 0.15) is 51.3 Å². The first-order valence-electron chi connectivity index (χ1n) is 12.1. The highest BCUT2D eigenvalue weighted by molar-refractivity contribution is 6.46. The molecule has 8 nitrogen and oxygen atoms in total. The Bertz CT molecular complexity index is 1110. The second kappa shape index (κ2) is 11.9. The molecule has 3 rings (SSSR count). The third-order valence-corrected chi connectivity index (χ3v) is 5.65. The highest BCUT2D eigenvalue weighted by Gasteiger charge is 2.46. The zero-order chi connectivity index (χ0) is 26.4. The van der Waals surface area contributed by atoms with Crippen LogP contribution in [0.3, 0.4) is 0 Å². The molecular formula is C28H35NO7. The molecule has 0 aliphatic carbocycles. The number of methoxy groups -OCH3 is 2. The highest BCUT2D eigenvalue weighted by Crippen LogP contribution is 2.42. The minimum absolute atomic E-state index is 0.000464. The number of aliphatic hydroxyl groups is 1. The van der Waals surface area contributed by atoms with Gasteiger partial charge in [-0.25, -0.2) is 0 Å². The SMILES string of the molecule is COCCCN1C(=O)C(=O)/C(=C(/O)c2ccc(OC(C)C)cc2)C1c1ccc(OC(C)C)c(OC)c1. The number of aliphatic hydroxyl groups excluding tert-OH is 1. The minimum Gasteiger partial charge on any atom is -0.507 e. The maximum atomic E-state index is 13.2. The van der Waals surface area contributed by atoms with Crippen molar-refractivity contribution in [1.82, 2.24) is 4.90 Å². The molecule has 0 aromatic heterocycles. The van der Waals surface area contributed by atoms with Gasteiger partial charge in [-0.1, -0.05) is 6.07 Å². The molecule has 1 aliphatic rings. The van der Waals surface area contributed by atoms with Crippen LogP contribution in [0, 0.1) is 0 Å². The average Bonchev–Trinajstić information content (AvgIpc) is 3.09. The van der Waals surface area contributed by atoms with Gasteiger partial charge in [0.25, 0.3) is 11.7 Å². The molecule has 8 heteroatoms. The van der Waals surface area contributed by atoms with Crippen LogP contribution in [0.4, 0.5) is 0 Å². The number of hydrogen-bond acceptors (Lipinski definition) is 7. The third kappa shape index (κ3) is 5.99. The molecule has 1 unspecified atom stereocenters. The number of nitrogens with zero attached hydrogens (tertiary/aromatic N) is 1. The molecule has 1 amide bonds. The monoisotopic (exact) mass is 497 g/mol. The van der Waals surface area contributed by atoms with Crippen LogP contribution < -0.4 is 14.2 Å². The third-order valence-electron chi connectivity index (χ3n) is 5.65. The Morgan fingerprint density at radius 1 is 0.944 bits per heavy atom. The molecule has 1 aliphatic heterocycles. The maximum Gasteiger partial charge on any atom is 0.295 e. The molecule has 2 aromatic rings. The Hall–Kier alpha value is -3.52. The molecule has 36 heavy (non-hydrogen) atoms. The quantitative estimate of drug-likeness (QED) is 0.208. The highest BCUT2D eigenvalue weighted by atomic mass is 16.5. The first-order valence-corrected chi connectivity index (χ1v) is 12.1. The Morgan fingerprint density at radius 3 is 2.19 bits per heavy atom. The molecule has 1 N–H and O–H groups in total. The van der Waals surface area contributed by atoms with Gasteiger partial charge in [0.05, 0.1) is 30.9 Å². The van der Waals surface area contributed by atoms with E-state index in [2.05, 4.69) is 0 Å². The fourth-order valence-corrected chi connectivity index (χ4v) is 4.16. The first kappa shape index (κ1) is 27.1. The van der Waals surface area contributed by atoms with Gasteiger partial charge in [-0.2, -0.15) is 0 Å². The van der Waals surface area contributed by atoms with E-state index in [4.69, 9.17) is 18.9 Å². The number of Topliss-reactive ketones (excluding diaryl/α,β-unsaturated/α-hetero) is 1. The number of benzene rings is 2. The zero-order valence-electron chi connectivity index (χ0n) is 21.7. The number of carbonyl (C=O) groups is 2. The van der Waals surface area contributed by atoms with Gasteiger partial charge in [-0.15, -0.1) is 0 Å². The van der Waals surface area contributed by atoms with Crippen LogP contribution in [0.25, 0.3) is 5.76 Å². The van der Waals surface area contributed by atoms with E-state index < -0.39 is 17.7 Å². The lowest BCUT2D eigenvalue weighted by atomic mass is 9.95. The molecule has 1 fully saturated rings. The van der Waals surface area contributed by atoms with Crippen LogP contribution in [0.5, 0.6) is 17.2 Å². The second-order valence-corrected chi connectivity index (χ2v) is 9.11. The summed E-state index contributed by atoms with van der Waals surface area (Å²) in [5.41, 5.74) is 1.06. The lowest BCUT2D eigenvalue weighted by Gasteiger charge is -2.26. The number of ether oxygens (including phenoxy) is 4. The van der Waals surface area contributed by atoms with Gasteiger partial charge in [-0.05, 0) is 76.1 Å². The van der Waals surface area contributed by atoms with Crippen molar-refractivity contribution in [3.05, 3.63) is 59.2 Å². The smallest absolute Gasteiger partial charge is 0.295 e. The van der Waals surface area contributed by atoms with Crippen LogP contribution >= 0.6 is 0 Å². The summed E-state index contributed by atoms with van der Waals surface area (Å²) in [6.45, 7) is 8.38. The predicted molar refractivity (Wildman–Crippen MR) is 136 cm³/mol. The summed E-state index contributed by atoms with van der Waals surface area (Å²) in [6.07, 6.45) is 0.471. The first-order chi connectivity index (χ1) is 17.2. The van der Waals surface area contributed by atoms with Gasteiger partial charge in [0.1, 0.15) is 11.5 Å². The zero-order valence-corrected chi connectivity index (χ0v) is 21.7. The molecule has 2 aromatic carbocycles. The van der Waals surface area contributed by atoms with Crippen molar-refractivity contribution < 1.29 is 33.6 Å². The molecule has 0 saturated carbocycles. The van der Waals surface area contributed by atoms with E-state index in [1.54, 1.807) is 49.6 Å². The van der Waals surface area contributed by atoms with Crippen LogP contribution in [-0.2, 0) is 14.3 Å². The number of rotatable bonds is 11. The molecule has 0 bridgehead atoms. The van der Waals surface area contributed by atoms with E-state index in [0.717, 1.165) is 0 Å². The Kier molecular flexibility index (Phi) is 8.98. The van der Waals surface area contributed by atoms with Crippen molar-refractivity contribution in [1.29, 1.82) is 0 Å². The van der Waals surface area contributed by atoms with Crippen molar-refractivity contribution in [3.63, 3.8) is 0 Å². The van der Waals surface area contributed by atoms with E-state index in [1.165, 1.54) is 12.0 Å². The number of ketones is 1. The van der Waals surface area contributed by atoms with E-state index in [1.807, 2.05) is 27.7 Å². The number of amides is 1. The topological polar surface area (TPSA) is 94.5 Å². The largest absolute Gasteiger partial charge is 0.507 e. The van der Waals surface area contributed by atoms with Crippen LogP contribution in [0.2, 0.25) is 0 Å². The van der Waals surface area contributed by atoms with E-state index in [-0.39, 0.29) is 30.1 Å². The van der Waals surface area contributed by atoms with Crippen LogP contribution in [-0.4, -0.2) is 61.3 Å². The summed E-state index contributed by atoms with van der Waals surface area (Å²) >= 11 is 0. The van der Waals surface area contributed by atoms with Crippen molar-refractivity contribution in [2.45, 2.75) is 52.4 Å². The molecule has 0 radical (unpaired) electrons. The van der Waals surface area contributed by atoms with Crippen molar-refractivity contribution in [2.24, 2.45) is 0 Å². The van der Waals surface area contributed by atoms with Gasteiger partial charge >= 0.3 is 0 Å². The van der Waals surface area contributed by atoms with Crippen LogP contribution in [0.15, 0.2) is 48.0 Å². The lowest BCUT2D eigenvalue weighted by molar-refractivity contribution is -0.140. The standard InChI is InChI=1S/C28H35NO7/c1-17(2)35-21-11-8-19(9-12-21)26(30)24-25(29(14-7-15-33-5)28(32)27(24)31)20-10-13-22(36-18(3)4)23(16-20)34-6/h8-13,16-18,25,30H,7,14-15H2,1-6H3/b26-24+. The number of likely N-dealkylation sites (tertiary alicyclic amines) is 1. The fourth-order valence-electron chi connectivity index (χ4n) is 4.16. The molecular weight excluding hydrogens is 462 g/mol. The summed E-state index contributed by atoms with van der Waals surface area (Å²) < 4.78 is 22.2.